The molecule has 3 aromatic rings. The summed E-state index contributed by atoms with van der Waals surface area (Å²) in [6, 6.07) is 11.6. The first kappa shape index (κ1) is 19.4. The molecule has 0 aliphatic rings. The molecule has 9 heteroatoms. The molecule has 0 aliphatic carbocycles. The Balaban J connectivity index is 1.85. The first-order chi connectivity index (χ1) is 13.2. The molecule has 146 valence electrons. The van der Waals surface area contributed by atoms with Crippen LogP contribution in [0.2, 0.25) is 0 Å². The van der Waals surface area contributed by atoms with E-state index in [2.05, 4.69) is 4.98 Å². The zero-order valence-electron chi connectivity index (χ0n) is 14.6. The number of halogens is 3. The lowest BCUT2D eigenvalue weighted by atomic mass is 10.1. The van der Waals surface area contributed by atoms with Crippen LogP contribution in [0.4, 0.5) is 13.2 Å². The van der Waals surface area contributed by atoms with Crippen LogP contribution >= 0.6 is 0 Å². The highest BCUT2D eigenvalue weighted by atomic mass is 19.4. The fourth-order valence-corrected chi connectivity index (χ4v) is 2.50. The van der Waals surface area contributed by atoms with Gasteiger partial charge in [-0.1, -0.05) is 18.2 Å². The van der Waals surface area contributed by atoms with Crippen molar-refractivity contribution < 1.29 is 31.9 Å². The molecule has 6 nitrogen and oxygen atoms in total. The van der Waals surface area contributed by atoms with Crippen molar-refractivity contribution in [3.8, 4) is 11.5 Å². The second-order valence-electron chi connectivity index (χ2n) is 5.93. The Kier molecular flexibility index (Phi) is 5.34. The maximum absolute atomic E-state index is 12.6. The third-order valence-corrected chi connectivity index (χ3v) is 3.83. The van der Waals surface area contributed by atoms with Crippen LogP contribution in [0, 0.1) is 0 Å². The number of hydrogen-bond acceptors (Lipinski definition) is 5. The van der Waals surface area contributed by atoms with Crippen molar-refractivity contribution in [3.63, 3.8) is 0 Å². The minimum Gasteiger partial charge on any atom is -0.463 e. The lowest BCUT2D eigenvalue weighted by molar-refractivity contribution is -0.143. The molecule has 1 amide bonds. The molecule has 2 aromatic heterocycles. The number of furan rings is 1. The molecular formula is C19H15F3N2O4. The number of carbonyl (C=O) groups is 2. The van der Waals surface area contributed by atoms with Gasteiger partial charge in [0, 0.05) is 5.39 Å². The van der Waals surface area contributed by atoms with Crippen molar-refractivity contribution in [2.24, 2.45) is 0 Å². The van der Waals surface area contributed by atoms with E-state index in [1.807, 2.05) is 0 Å². The Morgan fingerprint density at radius 2 is 1.96 bits per heavy atom. The number of nitrogens with one attached hydrogen (secondary N) is 1. The summed E-state index contributed by atoms with van der Waals surface area (Å²) >= 11 is 0. The van der Waals surface area contributed by atoms with E-state index in [-0.39, 0.29) is 5.56 Å². The molecule has 0 radical (unpaired) electrons. The minimum atomic E-state index is -4.56. The number of ether oxygens (including phenoxy) is 1. The highest BCUT2D eigenvalue weighted by Gasteiger charge is 2.30. The zero-order chi connectivity index (χ0) is 20.3. The van der Waals surface area contributed by atoms with Gasteiger partial charge in [-0.25, -0.2) is 9.78 Å². The quantitative estimate of drug-likeness (QED) is 0.670. The molecule has 1 N–H and O–H groups in total. The van der Waals surface area contributed by atoms with Crippen molar-refractivity contribution in [2.45, 2.75) is 19.2 Å². The van der Waals surface area contributed by atoms with Crippen LogP contribution < -0.4 is 5.32 Å². The molecule has 0 bridgehead atoms. The van der Waals surface area contributed by atoms with Gasteiger partial charge in [-0.15, -0.1) is 0 Å². The molecule has 0 spiro atoms. The standard InChI is InChI=1S/C19H15F3N2O4/c1-11(17(25)23-10-19(20,21)22)28-18(26)13-9-15(16-7-4-8-27-16)24-14-6-3-2-5-12(13)14/h2-9,11H,10H2,1H3,(H,23,25). The first-order valence-corrected chi connectivity index (χ1v) is 8.24. The Hall–Kier alpha value is -3.36. The number of pyridine rings is 1. The normalized spacial score (nSPS) is 12.6. The minimum absolute atomic E-state index is 0.118. The maximum Gasteiger partial charge on any atom is 0.405 e. The van der Waals surface area contributed by atoms with Gasteiger partial charge in [0.2, 0.25) is 0 Å². The van der Waals surface area contributed by atoms with Crippen LogP contribution in [0.3, 0.4) is 0 Å². The SMILES string of the molecule is CC(OC(=O)c1cc(-c2ccco2)nc2ccccc12)C(=O)NCC(F)(F)F. The topological polar surface area (TPSA) is 81.4 Å². The van der Waals surface area contributed by atoms with Gasteiger partial charge in [0.25, 0.3) is 5.91 Å². The second-order valence-corrected chi connectivity index (χ2v) is 5.93. The number of carbonyl (C=O) groups excluding carboxylic acids is 2. The van der Waals surface area contributed by atoms with Crippen LogP contribution in [0.25, 0.3) is 22.4 Å². The van der Waals surface area contributed by atoms with E-state index in [1.54, 1.807) is 41.7 Å². The number of nitrogens with zero attached hydrogens (tertiary/aromatic N) is 1. The van der Waals surface area contributed by atoms with Gasteiger partial charge in [0.05, 0.1) is 17.3 Å². The van der Waals surface area contributed by atoms with Gasteiger partial charge < -0.3 is 14.5 Å². The van der Waals surface area contributed by atoms with Crippen molar-refractivity contribution >= 4 is 22.8 Å². The van der Waals surface area contributed by atoms with Crippen LogP contribution in [0.1, 0.15) is 17.3 Å². The van der Waals surface area contributed by atoms with Gasteiger partial charge in [-0.3, -0.25) is 4.79 Å². The van der Waals surface area contributed by atoms with E-state index >= 15 is 0 Å². The summed E-state index contributed by atoms with van der Waals surface area (Å²) in [5.74, 6) is -1.48. The average Bonchev–Trinajstić information content (AvgIpc) is 3.19. The first-order valence-electron chi connectivity index (χ1n) is 8.24. The third kappa shape index (κ3) is 4.48. The molecule has 0 saturated heterocycles. The van der Waals surface area contributed by atoms with E-state index in [0.717, 1.165) is 0 Å². The number of aromatic nitrogens is 1. The Bertz CT molecular complexity index is 1000. The second kappa shape index (κ2) is 7.71. The molecule has 1 atom stereocenters. The fourth-order valence-electron chi connectivity index (χ4n) is 2.50. The Labute approximate surface area is 157 Å². The number of para-hydroxylation sites is 1. The van der Waals surface area contributed by atoms with Gasteiger partial charge in [0.15, 0.2) is 11.9 Å². The number of amides is 1. The summed E-state index contributed by atoms with van der Waals surface area (Å²) in [5, 5.41) is 2.16. The van der Waals surface area contributed by atoms with E-state index in [9.17, 15) is 22.8 Å². The van der Waals surface area contributed by atoms with E-state index in [0.29, 0.717) is 22.4 Å². The summed E-state index contributed by atoms with van der Waals surface area (Å²) < 4.78 is 47.0. The lowest BCUT2D eigenvalue weighted by Gasteiger charge is -2.15. The molecule has 0 fully saturated rings. The summed E-state index contributed by atoms with van der Waals surface area (Å²) in [4.78, 5) is 28.8. The van der Waals surface area contributed by atoms with Gasteiger partial charge in [0.1, 0.15) is 12.2 Å². The number of benzene rings is 1. The van der Waals surface area contributed by atoms with Crippen molar-refractivity contribution in [3.05, 3.63) is 54.3 Å². The monoisotopic (exact) mass is 392 g/mol. The molecule has 0 saturated carbocycles. The summed E-state index contributed by atoms with van der Waals surface area (Å²) in [6.45, 7) is -0.311. The number of hydrogen-bond donors (Lipinski definition) is 1. The van der Waals surface area contributed by atoms with Crippen molar-refractivity contribution in [2.75, 3.05) is 6.54 Å². The van der Waals surface area contributed by atoms with Gasteiger partial charge in [-0.05, 0) is 31.2 Å². The Morgan fingerprint density at radius 3 is 2.64 bits per heavy atom. The maximum atomic E-state index is 12.6. The molecule has 28 heavy (non-hydrogen) atoms. The number of rotatable bonds is 5. The van der Waals surface area contributed by atoms with Crippen LogP contribution in [0.15, 0.2) is 53.1 Å². The lowest BCUT2D eigenvalue weighted by Crippen LogP contribution is -2.40. The summed E-state index contributed by atoms with van der Waals surface area (Å²) in [6.07, 6.45) is -4.51. The van der Waals surface area contributed by atoms with Crippen molar-refractivity contribution in [1.82, 2.24) is 10.3 Å². The third-order valence-electron chi connectivity index (χ3n) is 3.83. The zero-order valence-corrected chi connectivity index (χ0v) is 14.6. The van der Waals surface area contributed by atoms with Crippen LogP contribution in [0.5, 0.6) is 0 Å². The van der Waals surface area contributed by atoms with Crippen LogP contribution in [-0.2, 0) is 9.53 Å². The molecule has 2 heterocycles. The number of esters is 1. The molecular weight excluding hydrogens is 377 g/mol. The van der Waals surface area contributed by atoms with Gasteiger partial charge in [-0.2, -0.15) is 13.2 Å². The molecule has 1 aromatic carbocycles. The summed E-state index contributed by atoms with van der Waals surface area (Å²) in [5.41, 5.74) is 0.995. The van der Waals surface area contributed by atoms with E-state index in [1.165, 1.54) is 19.3 Å². The molecule has 1 unspecified atom stereocenters. The highest BCUT2D eigenvalue weighted by molar-refractivity contribution is 6.05. The number of fused-ring (bicyclic) bond motifs is 1. The fraction of sp³-hybridized carbons (Fsp3) is 0.211. The smallest absolute Gasteiger partial charge is 0.405 e. The van der Waals surface area contributed by atoms with Gasteiger partial charge >= 0.3 is 12.1 Å². The number of alkyl halides is 3. The largest absolute Gasteiger partial charge is 0.463 e. The predicted octanol–water partition coefficient (Wildman–Crippen LogP) is 3.72. The molecule has 0 aliphatic heterocycles. The highest BCUT2D eigenvalue weighted by Crippen LogP contribution is 2.26. The van der Waals surface area contributed by atoms with E-state index < -0.39 is 30.7 Å². The van der Waals surface area contributed by atoms with E-state index in [4.69, 9.17) is 9.15 Å². The summed E-state index contributed by atoms with van der Waals surface area (Å²) in [7, 11) is 0. The predicted molar refractivity (Wildman–Crippen MR) is 93.4 cm³/mol. The van der Waals surface area contributed by atoms with Crippen molar-refractivity contribution in [1.29, 1.82) is 0 Å². The Morgan fingerprint density at radius 1 is 1.21 bits per heavy atom. The molecule has 3 rings (SSSR count). The van der Waals surface area contributed by atoms with Crippen LogP contribution in [-0.4, -0.2) is 35.7 Å². The average molecular weight is 392 g/mol.